The van der Waals surface area contributed by atoms with Gasteiger partial charge in [-0.05, 0) is 44.5 Å². The van der Waals surface area contributed by atoms with Crippen molar-refractivity contribution in [1.29, 1.82) is 0 Å². The number of aliphatic carboxylic acids is 1. The molecule has 4 heteroatoms. The first-order valence-electron chi connectivity index (χ1n) is 7.40. The Morgan fingerprint density at radius 1 is 1.30 bits per heavy atom. The average molecular weight is 277 g/mol. The number of rotatable bonds is 6. The van der Waals surface area contributed by atoms with E-state index < -0.39 is 12.0 Å². The van der Waals surface area contributed by atoms with E-state index in [0.717, 1.165) is 37.2 Å². The highest BCUT2D eigenvalue weighted by Crippen LogP contribution is 2.23. The van der Waals surface area contributed by atoms with Gasteiger partial charge < -0.3 is 9.84 Å². The van der Waals surface area contributed by atoms with Crippen molar-refractivity contribution in [2.75, 3.05) is 19.7 Å². The second-order valence-electron chi connectivity index (χ2n) is 5.20. The molecule has 1 atom stereocenters. The molecule has 2 rings (SSSR count). The van der Waals surface area contributed by atoms with Crippen LogP contribution in [0.1, 0.15) is 31.7 Å². The number of nitrogens with zero attached hydrogens (tertiary/aromatic N) is 1. The van der Waals surface area contributed by atoms with Gasteiger partial charge in [-0.2, -0.15) is 0 Å². The predicted molar refractivity (Wildman–Crippen MR) is 78.2 cm³/mol. The maximum absolute atomic E-state index is 11.6. The van der Waals surface area contributed by atoms with Crippen molar-refractivity contribution in [1.82, 2.24) is 4.90 Å². The monoisotopic (exact) mass is 277 g/mol. The molecule has 1 aromatic rings. The molecule has 1 saturated heterocycles. The molecule has 0 aliphatic carbocycles. The van der Waals surface area contributed by atoms with E-state index in [0.29, 0.717) is 13.0 Å². The van der Waals surface area contributed by atoms with Crippen LogP contribution in [-0.2, 0) is 11.2 Å². The molecule has 0 bridgehead atoms. The van der Waals surface area contributed by atoms with Gasteiger partial charge in [0.15, 0.2) is 0 Å². The van der Waals surface area contributed by atoms with Crippen LogP contribution in [0.4, 0.5) is 0 Å². The van der Waals surface area contributed by atoms with E-state index in [1.54, 1.807) is 0 Å². The number of piperidine rings is 1. The van der Waals surface area contributed by atoms with E-state index >= 15 is 0 Å². The molecule has 1 aliphatic rings. The van der Waals surface area contributed by atoms with Gasteiger partial charge in [-0.3, -0.25) is 9.69 Å². The normalized spacial score (nSPS) is 17.6. The van der Waals surface area contributed by atoms with E-state index in [2.05, 4.69) is 4.90 Å². The molecule has 1 heterocycles. The number of hydrogen-bond acceptors (Lipinski definition) is 3. The molecule has 110 valence electrons. The maximum Gasteiger partial charge on any atom is 0.321 e. The molecule has 0 aromatic heterocycles. The Balaban J connectivity index is 2.13. The number of hydrogen-bond donors (Lipinski definition) is 1. The number of para-hydroxylation sites is 1. The summed E-state index contributed by atoms with van der Waals surface area (Å²) in [5, 5.41) is 9.53. The lowest BCUT2D eigenvalue weighted by Crippen LogP contribution is -2.45. The van der Waals surface area contributed by atoms with E-state index in [1.165, 1.54) is 6.42 Å². The minimum atomic E-state index is -0.738. The van der Waals surface area contributed by atoms with Crippen molar-refractivity contribution in [3.63, 3.8) is 0 Å². The Morgan fingerprint density at radius 3 is 2.65 bits per heavy atom. The number of ether oxygens (including phenoxy) is 1. The molecule has 0 radical (unpaired) electrons. The fraction of sp³-hybridized carbons (Fsp3) is 0.562. The summed E-state index contributed by atoms with van der Waals surface area (Å²) >= 11 is 0. The molecule has 1 fully saturated rings. The Hall–Kier alpha value is -1.55. The van der Waals surface area contributed by atoms with Crippen LogP contribution in [0.2, 0.25) is 0 Å². The van der Waals surface area contributed by atoms with E-state index in [1.807, 2.05) is 31.2 Å². The van der Waals surface area contributed by atoms with Gasteiger partial charge in [0, 0.05) is 6.42 Å². The van der Waals surface area contributed by atoms with Crippen LogP contribution in [0, 0.1) is 0 Å². The van der Waals surface area contributed by atoms with Crippen molar-refractivity contribution in [3.8, 4) is 5.75 Å². The second kappa shape index (κ2) is 7.29. The highest BCUT2D eigenvalue weighted by molar-refractivity contribution is 5.74. The lowest BCUT2D eigenvalue weighted by atomic mass is 10.0. The molecule has 0 amide bonds. The molecule has 1 aliphatic heterocycles. The zero-order valence-corrected chi connectivity index (χ0v) is 12.0. The quantitative estimate of drug-likeness (QED) is 0.868. The average Bonchev–Trinajstić information content (AvgIpc) is 2.47. The van der Waals surface area contributed by atoms with Crippen LogP contribution in [-0.4, -0.2) is 41.7 Å². The Bertz CT molecular complexity index is 441. The first-order chi connectivity index (χ1) is 9.72. The highest BCUT2D eigenvalue weighted by Gasteiger charge is 2.27. The Morgan fingerprint density at radius 2 is 2.00 bits per heavy atom. The van der Waals surface area contributed by atoms with E-state index in [9.17, 15) is 9.90 Å². The van der Waals surface area contributed by atoms with Crippen LogP contribution in [0.15, 0.2) is 24.3 Å². The standard InChI is InChI=1S/C16H23NO3/c1-2-20-15-9-5-4-8-13(15)12-14(16(18)19)17-10-6-3-7-11-17/h4-5,8-9,14H,2-3,6-7,10-12H2,1H3,(H,18,19). The van der Waals surface area contributed by atoms with Gasteiger partial charge in [-0.1, -0.05) is 24.6 Å². The predicted octanol–water partition coefficient (Wildman–Crippen LogP) is 2.57. The summed E-state index contributed by atoms with van der Waals surface area (Å²) in [6.45, 7) is 4.30. The topological polar surface area (TPSA) is 49.8 Å². The fourth-order valence-electron chi connectivity index (χ4n) is 2.78. The first kappa shape index (κ1) is 14.9. The molecular formula is C16H23NO3. The first-order valence-corrected chi connectivity index (χ1v) is 7.40. The summed E-state index contributed by atoms with van der Waals surface area (Å²) < 4.78 is 5.59. The maximum atomic E-state index is 11.6. The Labute approximate surface area is 120 Å². The van der Waals surface area contributed by atoms with Gasteiger partial charge in [-0.15, -0.1) is 0 Å². The molecule has 1 aromatic carbocycles. The SMILES string of the molecule is CCOc1ccccc1CC(C(=O)O)N1CCCCC1. The van der Waals surface area contributed by atoms with Gasteiger partial charge in [0.05, 0.1) is 6.61 Å². The summed E-state index contributed by atoms with van der Waals surface area (Å²) in [6, 6.07) is 7.29. The highest BCUT2D eigenvalue weighted by atomic mass is 16.5. The minimum absolute atomic E-state index is 0.447. The summed E-state index contributed by atoms with van der Waals surface area (Å²) in [5.74, 6) is 0.0662. The van der Waals surface area contributed by atoms with Crippen LogP contribution in [0.5, 0.6) is 5.75 Å². The molecule has 0 saturated carbocycles. The number of likely N-dealkylation sites (tertiary alicyclic amines) is 1. The van der Waals surface area contributed by atoms with Crippen molar-refractivity contribution >= 4 is 5.97 Å². The minimum Gasteiger partial charge on any atom is -0.494 e. The summed E-state index contributed by atoms with van der Waals surface area (Å²) in [4.78, 5) is 13.7. The molecule has 20 heavy (non-hydrogen) atoms. The lowest BCUT2D eigenvalue weighted by molar-refractivity contribution is -0.143. The van der Waals surface area contributed by atoms with Gasteiger partial charge in [0.25, 0.3) is 0 Å². The Kier molecular flexibility index (Phi) is 5.41. The second-order valence-corrected chi connectivity index (χ2v) is 5.20. The van der Waals surface area contributed by atoms with Crippen molar-refractivity contribution in [2.45, 2.75) is 38.6 Å². The van der Waals surface area contributed by atoms with Gasteiger partial charge in [0.1, 0.15) is 11.8 Å². The zero-order chi connectivity index (χ0) is 14.4. The van der Waals surface area contributed by atoms with Crippen molar-refractivity contribution in [2.24, 2.45) is 0 Å². The summed E-state index contributed by atoms with van der Waals surface area (Å²) in [6.07, 6.45) is 3.90. The van der Waals surface area contributed by atoms with Crippen LogP contribution in [0.3, 0.4) is 0 Å². The van der Waals surface area contributed by atoms with Crippen molar-refractivity contribution in [3.05, 3.63) is 29.8 Å². The van der Waals surface area contributed by atoms with Crippen LogP contribution in [0.25, 0.3) is 0 Å². The molecule has 1 unspecified atom stereocenters. The molecule has 0 spiro atoms. The molecule has 1 N–H and O–H groups in total. The number of benzene rings is 1. The van der Waals surface area contributed by atoms with Crippen LogP contribution < -0.4 is 4.74 Å². The summed E-state index contributed by atoms with van der Waals surface area (Å²) in [7, 11) is 0. The van der Waals surface area contributed by atoms with Gasteiger partial charge in [0.2, 0.25) is 0 Å². The third kappa shape index (κ3) is 3.73. The third-order valence-corrected chi connectivity index (χ3v) is 3.80. The summed E-state index contributed by atoms with van der Waals surface area (Å²) in [5.41, 5.74) is 0.979. The zero-order valence-electron chi connectivity index (χ0n) is 12.0. The van der Waals surface area contributed by atoms with E-state index in [4.69, 9.17) is 4.74 Å². The van der Waals surface area contributed by atoms with Gasteiger partial charge >= 0.3 is 5.97 Å². The van der Waals surface area contributed by atoms with E-state index in [-0.39, 0.29) is 0 Å². The van der Waals surface area contributed by atoms with Gasteiger partial charge in [-0.25, -0.2) is 0 Å². The number of carboxylic acid groups (broad SMARTS) is 1. The molecular weight excluding hydrogens is 254 g/mol. The third-order valence-electron chi connectivity index (χ3n) is 3.80. The molecule has 4 nitrogen and oxygen atoms in total. The van der Waals surface area contributed by atoms with Crippen LogP contribution >= 0.6 is 0 Å². The van der Waals surface area contributed by atoms with Crippen molar-refractivity contribution < 1.29 is 14.6 Å². The largest absolute Gasteiger partial charge is 0.494 e. The number of carbonyl (C=O) groups is 1. The number of carboxylic acids is 1. The fourth-order valence-corrected chi connectivity index (χ4v) is 2.78. The lowest BCUT2D eigenvalue weighted by Gasteiger charge is -2.32. The smallest absolute Gasteiger partial charge is 0.321 e.